The third-order valence-electron chi connectivity index (χ3n) is 3.29. The summed E-state index contributed by atoms with van der Waals surface area (Å²) in [6.45, 7) is 0.930. The van der Waals surface area contributed by atoms with Gasteiger partial charge < -0.3 is 10.1 Å². The number of pyridine rings is 1. The highest BCUT2D eigenvalue weighted by atomic mass is 16.5. The number of fused-ring (bicyclic) bond motifs is 1. The second-order valence-electron chi connectivity index (χ2n) is 4.43. The van der Waals surface area contributed by atoms with E-state index in [4.69, 9.17) is 4.74 Å². The molecular weight excluding hydrogens is 240 g/mol. The molecule has 1 aliphatic heterocycles. The molecule has 1 aromatic carbocycles. The van der Waals surface area contributed by atoms with Crippen LogP contribution in [0.15, 0.2) is 36.5 Å². The number of hydrogen-bond donors (Lipinski definition) is 1. The van der Waals surface area contributed by atoms with Crippen LogP contribution in [0, 0.1) is 0 Å². The summed E-state index contributed by atoms with van der Waals surface area (Å²) < 4.78 is 5.18. The number of rotatable bonds is 3. The van der Waals surface area contributed by atoms with Crippen LogP contribution in [-0.4, -0.2) is 24.4 Å². The van der Waals surface area contributed by atoms with Gasteiger partial charge in [0.1, 0.15) is 5.75 Å². The van der Waals surface area contributed by atoms with E-state index in [0.29, 0.717) is 17.0 Å². The highest BCUT2D eigenvalue weighted by Crippen LogP contribution is 2.26. The van der Waals surface area contributed by atoms with Crippen molar-refractivity contribution in [2.75, 3.05) is 19.0 Å². The Balaban J connectivity index is 2.00. The lowest BCUT2D eigenvalue weighted by molar-refractivity contribution is 0.103. The number of nitrogens with zero attached hydrogens (tertiary/aromatic N) is 1. The molecule has 96 valence electrons. The molecule has 4 nitrogen and oxygen atoms in total. The molecule has 0 atom stereocenters. The van der Waals surface area contributed by atoms with Crippen LogP contribution in [0.3, 0.4) is 0 Å². The first kappa shape index (κ1) is 11.7. The van der Waals surface area contributed by atoms with E-state index >= 15 is 0 Å². The molecule has 0 radical (unpaired) electrons. The smallest absolute Gasteiger partial charge is 0.215 e. The Bertz CT molecular complexity index is 638. The van der Waals surface area contributed by atoms with Gasteiger partial charge in [-0.15, -0.1) is 0 Å². The highest BCUT2D eigenvalue weighted by molar-refractivity contribution is 6.09. The van der Waals surface area contributed by atoms with Gasteiger partial charge in [0.2, 0.25) is 5.78 Å². The Morgan fingerprint density at radius 2 is 2.26 bits per heavy atom. The topological polar surface area (TPSA) is 51.2 Å². The van der Waals surface area contributed by atoms with E-state index in [0.717, 1.165) is 18.7 Å². The lowest BCUT2D eigenvalue weighted by Gasteiger charge is -2.07. The van der Waals surface area contributed by atoms with E-state index in [1.165, 1.54) is 12.7 Å². The van der Waals surface area contributed by atoms with Crippen molar-refractivity contribution < 1.29 is 9.53 Å². The SMILES string of the molecule is COc1cccnc1C(=O)c1ccc2c(c1)NCC2. The molecular formula is C15H14N2O2. The van der Waals surface area contributed by atoms with Crippen molar-refractivity contribution >= 4 is 11.5 Å². The van der Waals surface area contributed by atoms with Gasteiger partial charge >= 0.3 is 0 Å². The fourth-order valence-electron chi connectivity index (χ4n) is 2.29. The normalized spacial score (nSPS) is 12.7. The van der Waals surface area contributed by atoms with Crippen LogP contribution < -0.4 is 10.1 Å². The molecule has 2 aromatic rings. The van der Waals surface area contributed by atoms with E-state index in [1.807, 2.05) is 18.2 Å². The minimum absolute atomic E-state index is 0.117. The Kier molecular flexibility index (Phi) is 2.91. The molecule has 0 aliphatic carbocycles. The monoisotopic (exact) mass is 254 g/mol. The largest absolute Gasteiger partial charge is 0.494 e. The zero-order chi connectivity index (χ0) is 13.2. The Labute approximate surface area is 111 Å². The second kappa shape index (κ2) is 4.72. The molecule has 0 amide bonds. The van der Waals surface area contributed by atoms with Gasteiger partial charge in [-0.25, -0.2) is 4.98 Å². The summed E-state index contributed by atoms with van der Waals surface area (Å²) in [5.41, 5.74) is 3.28. The first-order chi connectivity index (χ1) is 9.29. The minimum Gasteiger partial charge on any atom is -0.494 e. The van der Waals surface area contributed by atoms with Crippen molar-refractivity contribution in [3.05, 3.63) is 53.3 Å². The molecule has 19 heavy (non-hydrogen) atoms. The predicted octanol–water partition coefficient (Wildman–Crippen LogP) is 2.29. The van der Waals surface area contributed by atoms with Gasteiger partial charge in [-0.3, -0.25) is 4.79 Å². The molecule has 0 bridgehead atoms. The number of carbonyl (C=O) groups is 1. The first-order valence-corrected chi connectivity index (χ1v) is 6.20. The van der Waals surface area contributed by atoms with Crippen LogP contribution in [0.25, 0.3) is 0 Å². The number of aromatic nitrogens is 1. The molecule has 0 spiro atoms. The summed E-state index contributed by atoms with van der Waals surface area (Å²) in [6.07, 6.45) is 2.61. The minimum atomic E-state index is -0.117. The lowest BCUT2D eigenvalue weighted by atomic mass is 10.0. The van der Waals surface area contributed by atoms with Gasteiger partial charge in [0.05, 0.1) is 7.11 Å². The van der Waals surface area contributed by atoms with Crippen LogP contribution >= 0.6 is 0 Å². The summed E-state index contributed by atoms with van der Waals surface area (Å²) in [5.74, 6) is 0.384. The Morgan fingerprint density at radius 3 is 3.11 bits per heavy atom. The molecule has 0 saturated heterocycles. The van der Waals surface area contributed by atoms with E-state index in [9.17, 15) is 4.79 Å². The standard InChI is InChI=1S/C15H14N2O2/c1-19-13-3-2-7-17-14(13)15(18)11-5-4-10-6-8-16-12(10)9-11/h2-5,7,9,16H,6,8H2,1H3. The molecule has 1 N–H and O–H groups in total. The summed E-state index contributed by atoms with van der Waals surface area (Å²) >= 11 is 0. The zero-order valence-electron chi connectivity index (χ0n) is 10.6. The third kappa shape index (κ3) is 2.05. The summed E-state index contributed by atoms with van der Waals surface area (Å²) in [5, 5.41) is 3.27. The van der Waals surface area contributed by atoms with Crippen molar-refractivity contribution in [3.63, 3.8) is 0 Å². The number of anilines is 1. The number of ketones is 1. The van der Waals surface area contributed by atoms with Crippen LogP contribution in [0.5, 0.6) is 5.75 Å². The molecule has 0 fully saturated rings. The molecule has 0 saturated carbocycles. The second-order valence-corrected chi connectivity index (χ2v) is 4.43. The van der Waals surface area contributed by atoms with Crippen molar-refractivity contribution in [1.82, 2.24) is 4.98 Å². The van der Waals surface area contributed by atoms with Gasteiger partial charge in [0.15, 0.2) is 5.69 Å². The fraction of sp³-hybridized carbons (Fsp3) is 0.200. The number of hydrogen-bond acceptors (Lipinski definition) is 4. The maximum atomic E-state index is 12.5. The number of ether oxygens (including phenoxy) is 1. The maximum absolute atomic E-state index is 12.5. The molecule has 2 heterocycles. The molecule has 3 rings (SSSR count). The summed E-state index contributed by atoms with van der Waals surface area (Å²) in [4.78, 5) is 16.6. The van der Waals surface area contributed by atoms with Crippen molar-refractivity contribution in [2.45, 2.75) is 6.42 Å². The van der Waals surface area contributed by atoms with Gasteiger partial charge in [0.25, 0.3) is 0 Å². The third-order valence-corrected chi connectivity index (χ3v) is 3.29. The highest BCUT2D eigenvalue weighted by Gasteiger charge is 2.18. The Hall–Kier alpha value is -2.36. The van der Waals surface area contributed by atoms with Crippen molar-refractivity contribution in [1.29, 1.82) is 0 Å². The number of methoxy groups -OCH3 is 1. The van der Waals surface area contributed by atoms with Gasteiger partial charge in [-0.2, -0.15) is 0 Å². The van der Waals surface area contributed by atoms with E-state index in [2.05, 4.69) is 10.3 Å². The predicted molar refractivity (Wildman–Crippen MR) is 72.9 cm³/mol. The first-order valence-electron chi connectivity index (χ1n) is 6.20. The lowest BCUT2D eigenvalue weighted by Crippen LogP contribution is -2.06. The molecule has 1 aromatic heterocycles. The van der Waals surface area contributed by atoms with Gasteiger partial charge in [-0.1, -0.05) is 12.1 Å². The zero-order valence-corrected chi connectivity index (χ0v) is 10.6. The average Bonchev–Trinajstić information content (AvgIpc) is 2.93. The van der Waals surface area contributed by atoms with Gasteiger partial charge in [0, 0.05) is 24.0 Å². The number of carbonyl (C=O) groups excluding carboxylic acids is 1. The fourth-order valence-corrected chi connectivity index (χ4v) is 2.29. The molecule has 0 unspecified atom stereocenters. The summed E-state index contributed by atoms with van der Waals surface area (Å²) in [6, 6.07) is 9.23. The van der Waals surface area contributed by atoms with E-state index in [-0.39, 0.29) is 5.78 Å². The molecule has 4 heteroatoms. The van der Waals surface area contributed by atoms with Crippen molar-refractivity contribution in [2.24, 2.45) is 0 Å². The van der Waals surface area contributed by atoms with Gasteiger partial charge in [-0.05, 0) is 30.2 Å². The molecule has 1 aliphatic rings. The Morgan fingerprint density at radius 1 is 1.37 bits per heavy atom. The quantitative estimate of drug-likeness (QED) is 0.854. The summed E-state index contributed by atoms with van der Waals surface area (Å²) in [7, 11) is 1.54. The van der Waals surface area contributed by atoms with Crippen LogP contribution in [-0.2, 0) is 6.42 Å². The van der Waals surface area contributed by atoms with Crippen LogP contribution in [0.4, 0.5) is 5.69 Å². The number of nitrogens with one attached hydrogen (secondary N) is 1. The van der Waals surface area contributed by atoms with E-state index in [1.54, 1.807) is 18.3 Å². The average molecular weight is 254 g/mol. The number of benzene rings is 1. The maximum Gasteiger partial charge on any atom is 0.215 e. The van der Waals surface area contributed by atoms with Crippen LogP contribution in [0.2, 0.25) is 0 Å². The van der Waals surface area contributed by atoms with E-state index < -0.39 is 0 Å². The van der Waals surface area contributed by atoms with Crippen molar-refractivity contribution in [3.8, 4) is 5.75 Å². The van der Waals surface area contributed by atoms with Crippen LogP contribution in [0.1, 0.15) is 21.6 Å².